The first-order chi connectivity index (χ1) is 6.09. The molecule has 1 aromatic carbocycles. The van der Waals surface area contributed by atoms with E-state index in [9.17, 15) is 13.2 Å². The number of rotatable bonds is 0. The van der Waals surface area contributed by atoms with E-state index in [2.05, 4.69) is 5.32 Å². The lowest BCUT2D eigenvalue weighted by Gasteiger charge is -2.11. The van der Waals surface area contributed by atoms with E-state index < -0.39 is 11.7 Å². The lowest BCUT2D eigenvalue weighted by molar-refractivity contribution is -0.136. The second-order valence-corrected chi connectivity index (χ2v) is 3.01. The smallest absolute Gasteiger partial charge is 0.384 e. The molecule has 0 spiro atoms. The van der Waals surface area contributed by atoms with Crippen LogP contribution in [0.15, 0.2) is 18.2 Å². The van der Waals surface area contributed by atoms with Crippen LogP contribution in [0, 0.1) is 0 Å². The molecular weight excluding hydrogens is 179 g/mol. The molecule has 1 aliphatic heterocycles. The lowest BCUT2D eigenvalue weighted by atomic mass is 10.1. The van der Waals surface area contributed by atoms with Gasteiger partial charge in [-0.2, -0.15) is 13.2 Å². The summed E-state index contributed by atoms with van der Waals surface area (Å²) >= 11 is 0. The molecule has 0 aromatic heterocycles. The van der Waals surface area contributed by atoms with E-state index in [0.717, 1.165) is 11.6 Å². The van der Waals surface area contributed by atoms with Gasteiger partial charge in [0.15, 0.2) is 0 Å². The summed E-state index contributed by atoms with van der Waals surface area (Å²) in [6.07, 6.45) is -3.57. The van der Waals surface area contributed by atoms with Gasteiger partial charge in [-0.15, -0.1) is 0 Å². The second kappa shape index (κ2) is 2.65. The Morgan fingerprint density at radius 1 is 1.23 bits per heavy atom. The first-order valence-corrected chi connectivity index (χ1v) is 4.02. The van der Waals surface area contributed by atoms with Crippen LogP contribution in [0.25, 0.3) is 0 Å². The van der Waals surface area contributed by atoms with Gasteiger partial charge in [0.2, 0.25) is 0 Å². The van der Waals surface area contributed by atoms with Crippen LogP contribution < -0.4 is 5.32 Å². The zero-order valence-electron chi connectivity index (χ0n) is 6.78. The molecule has 1 nitrogen and oxygen atoms in total. The van der Waals surface area contributed by atoms with Crippen molar-refractivity contribution in [3.8, 4) is 0 Å². The SMILES string of the molecule is FC(F)(F)c1cccc2c1NCC2. The van der Waals surface area contributed by atoms with Crippen molar-refractivity contribution in [3.05, 3.63) is 29.3 Å². The maximum Gasteiger partial charge on any atom is 0.418 e. The van der Waals surface area contributed by atoms with Gasteiger partial charge in [-0.05, 0) is 18.1 Å². The van der Waals surface area contributed by atoms with Gasteiger partial charge >= 0.3 is 6.18 Å². The molecule has 1 aliphatic rings. The normalized spacial score (nSPS) is 15.3. The van der Waals surface area contributed by atoms with Gasteiger partial charge in [-0.3, -0.25) is 0 Å². The van der Waals surface area contributed by atoms with E-state index in [1.807, 2.05) is 0 Å². The van der Waals surface area contributed by atoms with Gasteiger partial charge in [0, 0.05) is 12.2 Å². The Kier molecular flexibility index (Phi) is 1.71. The van der Waals surface area contributed by atoms with Crippen molar-refractivity contribution in [1.82, 2.24) is 0 Å². The summed E-state index contributed by atoms with van der Waals surface area (Å²) in [5.41, 5.74) is 0.465. The number of hydrogen-bond acceptors (Lipinski definition) is 1. The van der Waals surface area contributed by atoms with E-state index in [1.165, 1.54) is 6.07 Å². The number of alkyl halides is 3. The van der Waals surface area contributed by atoms with E-state index in [1.54, 1.807) is 6.07 Å². The molecule has 1 N–H and O–H groups in total. The zero-order chi connectivity index (χ0) is 9.47. The Morgan fingerprint density at radius 2 is 2.00 bits per heavy atom. The Hall–Kier alpha value is -1.19. The fraction of sp³-hybridized carbons (Fsp3) is 0.333. The molecule has 2 rings (SSSR count). The molecule has 0 saturated carbocycles. The summed E-state index contributed by atoms with van der Waals surface area (Å²) in [6.45, 7) is 0.600. The van der Waals surface area contributed by atoms with Gasteiger partial charge in [0.05, 0.1) is 5.56 Å². The molecule has 13 heavy (non-hydrogen) atoms. The average molecular weight is 187 g/mol. The molecule has 0 saturated heterocycles. The van der Waals surface area contributed by atoms with Crippen LogP contribution in [-0.4, -0.2) is 6.54 Å². The maximum absolute atomic E-state index is 12.4. The number of para-hydroxylation sites is 1. The third-order valence-electron chi connectivity index (χ3n) is 2.15. The summed E-state index contributed by atoms with van der Waals surface area (Å²) in [5.74, 6) is 0. The molecule has 1 heterocycles. The number of halogens is 3. The molecule has 1 aromatic rings. The minimum Gasteiger partial charge on any atom is -0.384 e. The monoisotopic (exact) mass is 187 g/mol. The van der Waals surface area contributed by atoms with Gasteiger partial charge in [0.1, 0.15) is 0 Å². The molecule has 4 heteroatoms. The number of hydrogen-bond donors (Lipinski definition) is 1. The standard InChI is InChI=1S/C9H8F3N/c10-9(11,12)7-3-1-2-6-4-5-13-8(6)7/h1-3,13H,4-5H2. The van der Waals surface area contributed by atoms with Crippen molar-refractivity contribution in [1.29, 1.82) is 0 Å². The predicted molar refractivity (Wildman–Crippen MR) is 43.6 cm³/mol. The van der Waals surface area contributed by atoms with Crippen molar-refractivity contribution in [2.24, 2.45) is 0 Å². The molecular formula is C9H8F3N. The van der Waals surface area contributed by atoms with Gasteiger partial charge in [-0.1, -0.05) is 12.1 Å². The molecule has 0 aliphatic carbocycles. The minimum atomic E-state index is -4.25. The largest absolute Gasteiger partial charge is 0.418 e. The molecule has 0 radical (unpaired) electrons. The molecule has 0 atom stereocenters. The highest BCUT2D eigenvalue weighted by Gasteiger charge is 2.35. The summed E-state index contributed by atoms with van der Waals surface area (Å²) in [6, 6.07) is 4.29. The van der Waals surface area contributed by atoms with Crippen LogP contribution >= 0.6 is 0 Å². The first-order valence-electron chi connectivity index (χ1n) is 4.02. The summed E-state index contributed by atoms with van der Waals surface area (Å²) < 4.78 is 37.2. The van der Waals surface area contributed by atoms with Crippen LogP contribution in [-0.2, 0) is 12.6 Å². The first kappa shape index (κ1) is 8.41. The van der Waals surface area contributed by atoms with Crippen molar-refractivity contribution >= 4 is 5.69 Å². The van der Waals surface area contributed by atoms with E-state index >= 15 is 0 Å². The maximum atomic E-state index is 12.4. The number of fused-ring (bicyclic) bond motifs is 1. The number of benzene rings is 1. The second-order valence-electron chi connectivity index (χ2n) is 3.01. The van der Waals surface area contributed by atoms with Crippen LogP contribution in [0.1, 0.15) is 11.1 Å². The predicted octanol–water partition coefficient (Wildman–Crippen LogP) is 2.67. The molecule has 0 fully saturated rings. The van der Waals surface area contributed by atoms with Crippen LogP contribution in [0.5, 0.6) is 0 Å². The topological polar surface area (TPSA) is 12.0 Å². The Labute approximate surface area is 73.6 Å². The van der Waals surface area contributed by atoms with Gasteiger partial charge in [-0.25, -0.2) is 0 Å². The van der Waals surface area contributed by atoms with Crippen LogP contribution in [0.3, 0.4) is 0 Å². The average Bonchev–Trinajstić information content (AvgIpc) is 2.48. The lowest BCUT2D eigenvalue weighted by Crippen LogP contribution is -2.08. The highest BCUT2D eigenvalue weighted by atomic mass is 19.4. The van der Waals surface area contributed by atoms with E-state index in [-0.39, 0.29) is 5.69 Å². The van der Waals surface area contributed by atoms with E-state index in [0.29, 0.717) is 13.0 Å². The van der Waals surface area contributed by atoms with Gasteiger partial charge in [0.25, 0.3) is 0 Å². The zero-order valence-corrected chi connectivity index (χ0v) is 6.78. The molecule has 0 bridgehead atoms. The van der Waals surface area contributed by atoms with E-state index in [4.69, 9.17) is 0 Å². The summed E-state index contributed by atoms with van der Waals surface area (Å²) in [4.78, 5) is 0. The van der Waals surface area contributed by atoms with Crippen molar-refractivity contribution in [2.75, 3.05) is 11.9 Å². The third kappa shape index (κ3) is 1.36. The fourth-order valence-electron chi connectivity index (χ4n) is 1.58. The van der Waals surface area contributed by atoms with Crippen molar-refractivity contribution in [3.63, 3.8) is 0 Å². The highest BCUT2D eigenvalue weighted by Crippen LogP contribution is 2.38. The fourth-order valence-corrected chi connectivity index (χ4v) is 1.58. The molecule has 0 amide bonds. The van der Waals surface area contributed by atoms with Crippen LogP contribution in [0.2, 0.25) is 0 Å². The summed E-state index contributed by atoms with van der Waals surface area (Å²) in [7, 11) is 0. The van der Waals surface area contributed by atoms with Crippen LogP contribution in [0.4, 0.5) is 18.9 Å². The molecule has 0 unspecified atom stereocenters. The Balaban J connectivity index is 2.54. The van der Waals surface area contributed by atoms with Crippen molar-refractivity contribution < 1.29 is 13.2 Å². The van der Waals surface area contributed by atoms with Crippen molar-refractivity contribution in [2.45, 2.75) is 12.6 Å². The minimum absolute atomic E-state index is 0.259. The quantitative estimate of drug-likeness (QED) is 0.658. The molecule has 70 valence electrons. The Morgan fingerprint density at radius 3 is 2.69 bits per heavy atom. The van der Waals surface area contributed by atoms with Gasteiger partial charge < -0.3 is 5.32 Å². The number of anilines is 1. The Bertz CT molecular complexity index is 330. The third-order valence-corrected chi connectivity index (χ3v) is 2.15. The number of nitrogens with one attached hydrogen (secondary N) is 1. The highest BCUT2D eigenvalue weighted by molar-refractivity contribution is 5.62. The summed E-state index contributed by atoms with van der Waals surface area (Å²) in [5, 5.41) is 2.76.